The van der Waals surface area contributed by atoms with E-state index in [0.29, 0.717) is 22.9 Å². The van der Waals surface area contributed by atoms with E-state index in [2.05, 4.69) is 27.6 Å². The maximum absolute atomic E-state index is 12.4. The van der Waals surface area contributed by atoms with Gasteiger partial charge in [0.15, 0.2) is 5.70 Å². The van der Waals surface area contributed by atoms with Crippen molar-refractivity contribution < 1.29 is 14.3 Å². The zero-order chi connectivity index (χ0) is 20.2. The summed E-state index contributed by atoms with van der Waals surface area (Å²) in [5.41, 5.74) is 2.59. The van der Waals surface area contributed by atoms with Crippen molar-refractivity contribution in [2.45, 2.75) is 6.61 Å². The zero-order valence-electron chi connectivity index (χ0n) is 15.1. The molecule has 4 rings (SSSR count). The Kier molecular flexibility index (Phi) is 5.97. The monoisotopic (exact) mass is 515 g/mol. The van der Waals surface area contributed by atoms with E-state index in [0.717, 1.165) is 14.7 Å². The van der Waals surface area contributed by atoms with Crippen LogP contribution in [0.25, 0.3) is 6.08 Å². The Balaban J connectivity index is 1.61. The van der Waals surface area contributed by atoms with Gasteiger partial charge < -0.3 is 9.47 Å². The summed E-state index contributed by atoms with van der Waals surface area (Å²) in [7, 11) is 0. The summed E-state index contributed by atoms with van der Waals surface area (Å²) < 4.78 is 12.3. The molecule has 0 spiro atoms. The molecule has 0 bridgehead atoms. The topological polar surface area (TPSA) is 47.9 Å². The molecule has 0 saturated carbocycles. The van der Waals surface area contributed by atoms with E-state index in [9.17, 15) is 4.79 Å². The van der Waals surface area contributed by atoms with Crippen molar-refractivity contribution in [3.05, 3.63) is 104 Å². The number of carbonyl (C=O) groups is 1. The lowest BCUT2D eigenvalue weighted by Gasteiger charge is -2.09. The number of halogens is 2. The van der Waals surface area contributed by atoms with Crippen LogP contribution in [0.15, 0.2) is 83.5 Å². The van der Waals surface area contributed by atoms with Crippen LogP contribution in [-0.4, -0.2) is 11.9 Å². The fourth-order valence-electron chi connectivity index (χ4n) is 2.80. The van der Waals surface area contributed by atoms with Crippen molar-refractivity contribution in [2.75, 3.05) is 0 Å². The summed E-state index contributed by atoms with van der Waals surface area (Å²) in [6, 6.07) is 22.8. The largest absolute Gasteiger partial charge is 0.488 e. The van der Waals surface area contributed by atoms with Gasteiger partial charge in [0, 0.05) is 9.13 Å². The Morgan fingerprint density at radius 1 is 1.03 bits per heavy atom. The molecule has 1 aliphatic heterocycles. The van der Waals surface area contributed by atoms with Crippen LogP contribution in [0, 0.1) is 3.57 Å². The van der Waals surface area contributed by atoms with Crippen molar-refractivity contribution >= 4 is 52.1 Å². The second-order valence-corrected chi connectivity index (χ2v) is 7.93. The van der Waals surface area contributed by atoms with Gasteiger partial charge in [0.2, 0.25) is 5.90 Å². The molecule has 1 aliphatic rings. The molecule has 0 amide bonds. The van der Waals surface area contributed by atoms with Crippen molar-refractivity contribution in [3.63, 3.8) is 0 Å². The normalized spacial score (nSPS) is 14.6. The standard InChI is InChI=1S/C23H15ClINO3/c24-19-11-10-17(25)13-18(19)22-26-20(23(27)29-22)12-16-8-4-5-9-21(16)28-14-15-6-2-1-3-7-15/h1-13H,14H2/b20-12-. The Labute approximate surface area is 187 Å². The SMILES string of the molecule is O=C1OC(c2cc(I)ccc2Cl)=N/C1=C\c1ccccc1OCc1ccccc1. The van der Waals surface area contributed by atoms with Gasteiger partial charge in [0.05, 0.1) is 10.6 Å². The number of hydrogen-bond donors (Lipinski definition) is 0. The molecular weight excluding hydrogens is 501 g/mol. The average Bonchev–Trinajstić information content (AvgIpc) is 3.10. The number of cyclic esters (lactones) is 1. The molecule has 29 heavy (non-hydrogen) atoms. The minimum Gasteiger partial charge on any atom is -0.488 e. The molecule has 0 atom stereocenters. The number of aliphatic imine (C=N–C) groups is 1. The molecule has 3 aromatic carbocycles. The number of benzene rings is 3. The van der Waals surface area contributed by atoms with Gasteiger partial charge in [-0.15, -0.1) is 0 Å². The summed E-state index contributed by atoms with van der Waals surface area (Å²) in [6.45, 7) is 0.429. The molecule has 0 fully saturated rings. The summed E-state index contributed by atoms with van der Waals surface area (Å²) in [5, 5.41) is 0.477. The number of rotatable bonds is 5. The molecule has 144 valence electrons. The van der Waals surface area contributed by atoms with Crippen LogP contribution in [0.4, 0.5) is 0 Å². The highest BCUT2D eigenvalue weighted by Gasteiger charge is 2.26. The van der Waals surface area contributed by atoms with E-state index in [1.807, 2.05) is 66.7 Å². The minimum atomic E-state index is -0.521. The first-order valence-electron chi connectivity index (χ1n) is 8.84. The van der Waals surface area contributed by atoms with Gasteiger partial charge in [-0.2, -0.15) is 0 Å². The van der Waals surface area contributed by atoms with Gasteiger partial charge in [-0.3, -0.25) is 0 Å². The van der Waals surface area contributed by atoms with Crippen LogP contribution in [0.3, 0.4) is 0 Å². The maximum atomic E-state index is 12.4. The maximum Gasteiger partial charge on any atom is 0.363 e. The molecule has 0 radical (unpaired) electrons. The van der Waals surface area contributed by atoms with Crippen molar-refractivity contribution in [1.29, 1.82) is 0 Å². The predicted molar refractivity (Wildman–Crippen MR) is 122 cm³/mol. The average molecular weight is 516 g/mol. The van der Waals surface area contributed by atoms with Crippen LogP contribution in [0.1, 0.15) is 16.7 Å². The zero-order valence-corrected chi connectivity index (χ0v) is 18.1. The highest BCUT2D eigenvalue weighted by atomic mass is 127. The van der Waals surface area contributed by atoms with Crippen LogP contribution in [0.2, 0.25) is 5.02 Å². The quantitative estimate of drug-likeness (QED) is 0.243. The molecule has 0 aliphatic carbocycles. The fraction of sp³-hybridized carbons (Fsp3) is 0.0435. The number of esters is 1. The second-order valence-electron chi connectivity index (χ2n) is 6.27. The smallest absolute Gasteiger partial charge is 0.363 e. The Hall–Kier alpha value is -2.64. The Morgan fingerprint density at radius 3 is 2.62 bits per heavy atom. The van der Waals surface area contributed by atoms with E-state index in [-0.39, 0.29) is 11.6 Å². The number of ether oxygens (including phenoxy) is 2. The molecule has 4 nitrogen and oxygen atoms in total. The first-order valence-corrected chi connectivity index (χ1v) is 10.3. The second kappa shape index (κ2) is 8.80. The lowest BCUT2D eigenvalue weighted by Crippen LogP contribution is -2.06. The number of para-hydroxylation sites is 1. The van der Waals surface area contributed by atoms with E-state index in [1.165, 1.54) is 0 Å². The third-order valence-corrected chi connectivity index (χ3v) is 5.23. The van der Waals surface area contributed by atoms with Gasteiger partial charge in [-0.05, 0) is 58.5 Å². The number of hydrogen-bond acceptors (Lipinski definition) is 4. The number of carbonyl (C=O) groups excluding carboxylic acids is 1. The fourth-order valence-corrected chi connectivity index (χ4v) is 3.49. The van der Waals surface area contributed by atoms with Gasteiger partial charge in [0.25, 0.3) is 0 Å². The first-order chi connectivity index (χ1) is 14.1. The number of nitrogens with zero attached hydrogens (tertiary/aromatic N) is 1. The van der Waals surface area contributed by atoms with Gasteiger partial charge in [-0.25, -0.2) is 9.79 Å². The van der Waals surface area contributed by atoms with E-state index in [1.54, 1.807) is 12.1 Å². The van der Waals surface area contributed by atoms with E-state index >= 15 is 0 Å². The highest BCUT2D eigenvalue weighted by Crippen LogP contribution is 2.28. The molecular formula is C23H15ClINO3. The summed E-state index contributed by atoms with van der Waals surface area (Å²) >= 11 is 8.41. The van der Waals surface area contributed by atoms with Crippen LogP contribution < -0.4 is 4.74 Å². The van der Waals surface area contributed by atoms with Crippen LogP contribution in [0.5, 0.6) is 5.75 Å². The minimum absolute atomic E-state index is 0.200. The van der Waals surface area contributed by atoms with Gasteiger partial charge in [0.1, 0.15) is 12.4 Å². The molecule has 0 unspecified atom stereocenters. The van der Waals surface area contributed by atoms with Crippen molar-refractivity contribution in [3.8, 4) is 5.75 Å². The lowest BCUT2D eigenvalue weighted by molar-refractivity contribution is -0.129. The van der Waals surface area contributed by atoms with Gasteiger partial charge in [-0.1, -0.05) is 60.1 Å². The molecule has 3 aromatic rings. The van der Waals surface area contributed by atoms with Gasteiger partial charge >= 0.3 is 5.97 Å². The van der Waals surface area contributed by atoms with Crippen LogP contribution >= 0.6 is 34.2 Å². The third-order valence-electron chi connectivity index (χ3n) is 4.23. The third kappa shape index (κ3) is 4.68. The molecule has 1 heterocycles. The summed E-state index contributed by atoms with van der Waals surface area (Å²) in [5.74, 6) is 0.341. The summed E-state index contributed by atoms with van der Waals surface area (Å²) in [4.78, 5) is 16.7. The van der Waals surface area contributed by atoms with Crippen molar-refractivity contribution in [1.82, 2.24) is 0 Å². The Morgan fingerprint density at radius 2 is 1.79 bits per heavy atom. The molecule has 0 aromatic heterocycles. The van der Waals surface area contributed by atoms with E-state index in [4.69, 9.17) is 21.1 Å². The first kappa shape index (κ1) is 19.7. The predicted octanol–water partition coefficient (Wildman–Crippen LogP) is 5.87. The highest BCUT2D eigenvalue weighted by molar-refractivity contribution is 14.1. The molecule has 0 saturated heterocycles. The Bertz CT molecular complexity index is 1130. The lowest BCUT2D eigenvalue weighted by atomic mass is 10.1. The van der Waals surface area contributed by atoms with E-state index < -0.39 is 5.97 Å². The molecule has 0 N–H and O–H groups in total. The van der Waals surface area contributed by atoms with Crippen LogP contribution in [-0.2, 0) is 16.1 Å². The molecule has 6 heteroatoms. The summed E-state index contributed by atoms with van der Waals surface area (Å²) in [6.07, 6.45) is 1.66. The van der Waals surface area contributed by atoms with Crippen molar-refractivity contribution in [2.24, 2.45) is 4.99 Å².